The van der Waals surface area contributed by atoms with E-state index in [2.05, 4.69) is 20.1 Å². The molecule has 2 saturated heterocycles. The second kappa shape index (κ2) is 6.25. The van der Waals surface area contributed by atoms with Gasteiger partial charge in [0.15, 0.2) is 5.82 Å². The van der Waals surface area contributed by atoms with E-state index in [0.717, 1.165) is 42.7 Å². The molecule has 2 aromatic rings. The van der Waals surface area contributed by atoms with Crippen LogP contribution in [0.2, 0.25) is 0 Å². The Morgan fingerprint density at radius 3 is 3.08 bits per heavy atom. The van der Waals surface area contributed by atoms with Gasteiger partial charge in [0, 0.05) is 12.8 Å². The summed E-state index contributed by atoms with van der Waals surface area (Å²) in [5.74, 6) is 0.0657. The van der Waals surface area contributed by atoms with Crippen LogP contribution >= 0.6 is 11.3 Å². The molecule has 2 aliphatic heterocycles. The maximum absolute atomic E-state index is 13.5. The summed E-state index contributed by atoms with van der Waals surface area (Å²) in [6.45, 7) is 4.85. The normalized spacial score (nSPS) is 21.9. The summed E-state index contributed by atoms with van der Waals surface area (Å²) in [5, 5.41) is 10.2. The smallest absolute Gasteiger partial charge is 0.250 e. The Hall–Kier alpha value is -1.80. The summed E-state index contributed by atoms with van der Waals surface area (Å²) in [5.41, 5.74) is -0.119. The molecular weight excluding hydrogens is 331 g/mol. The van der Waals surface area contributed by atoms with Crippen LogP contribution in [0.25, 0.3) is 0 Å². The first-order valence-electron chi connectivity index (χ1n) is 8.09. The predicted molar refractivity (Wildman–Crippen MR) is 88.0 cm³/mol. The minimum atomic E-state index is -0.420. The van der Waals surface area contributed by atoms with Crippen molar-refractivity contribution in [2.45, 2.75) is 25.4 Å². The van der Waals surface area contributed by atoms with Crippen LogP contribution in [0, 0.1) is 18.7 Å². The molecule has 8 heteroatoms. The average molecular weight is 350 g/mol. The number of hydrogen-bond donors (Lipinski definition) is 0. The number of aromatic nitrogens is 3. The van der Waals surface area contributed by atoms with Crippen molar-refractivity contribution in [1.82, 2.24) is 15.2 Å². The zero-order chi connectivity index (χ0) is 16.6. The maximum Gasteiger partial charge on any atom is 0.250 e. The van der Waals surface area contributed by atoms with E-state index in [1.54, 1.807) is 17.4 Å². The van der Waals surface area contributed by atoms with Crippen molar-refractivity contribution in [2.75, 3.05) is 31.2 Å². The molecule has 6 nitrogen and oxygen atoms in total. The van der Waals surface area contributed by atoms with Crippen molar-refractivity contribution in [3.05, 3.63) is 29.2 Å². The van der Waals surface area contributed by atoms with Crippen molar-refractivity contribution in [3.8, 4) is 5.88 Å². The van der Waals surface area contributed by atoms with Crippen molar-refractivity contribution in [3.63, 3.8) is 0 Å². The maximum atomic E-state index is 13.5. The highest BCUT2D eigenvalue weighted by molar-refractivity contribution is 7.15. The van der Waals surface area contributed by atoms with E-state index in [1.165, 1.54) is 12.3 Å². The van der Waals surface area contributed by atoms with Gasteiger partial charge in [0.2, 0.25) is 11.0 Å². The number of hydrogen-bond acceptors (Lipinski definition) is 7. The van der Waals surface area contributed by atoms with Crippen molar-refractivity contribution in [1.29, 1.82) is 0 Å². The summed E-state index contributed by atoms with van der Waals surface area (Å²) < 4.78 is 25.1. The van der Waals surface area contributed by atoms with Crippen LogP contribution < -0.4 is 9.64 Å². The molecular formula is C16H19FN4O2S. The van der Waals surface area contributed by atoms with Gasteiger partial charge >= 0.3 is 0 Å². The van der Waals surface area contributed by atoms with Gasteiger partial charge in [-0.15, -0.1) is 10.2 Å². The van der Waals surface area contributed by atoms with Gasteiger partial charge in [-0.1, -0.05) is 11.3 Å². The lowest BCUT2D eigenvalue weighted by Crippen LogP contribution is -2.65. The summed E-state index contributed by atoms with van der Waals surface area (Å²) in [6.07, 6.45) is 3.38. The van der Waals surface area contributed by atoms with Crippen LogP contribution in [0.4, 0.5) is 9.52 Å². The fraction of sp³-hybridized carbons (Fsp3) is 0.562. The molecule has 2 fully saturated rings. The molecule has 0 radical (unpaired) electrons. The Balaban J connectivity index is 1.32. The standard InChI is InChI=1S/C16H19FN4O2S/c1-11-19-20-15(24-11)21-9-16(10-21)12(5-8-23-16)4-7-22-14-13(17)3-2-6-18-14/h2-3,6,12H,4-5,7-10H2,1H3. The van der Waals surface area contributed by atoms with Gasteiger partial charge in [-0.2, -0.15) is 0 Å². The van der Waals surface area contributed by atoms with Crippen LogP contribution in [0.1, 0.15) is 17.8 Å². The highest BCUT2D eigenvalue weighted by Gasteiger charge is 2.53. The monoisotopic (exact) mass is 350 g/mol. The number of nitrogens with zero attached hydrogens (tertiary/aromatic N) is 4. The van der Waals surface area contributed by atoms with Gasteiger partial charge in [-0.05, 0) is 37.8 Å². The molecule has 2 aliphatic rings. The Morgan fingerprint density at radius 2 is 2.33 bits per heavy atom. The van der Waals surface area contributed by atoms with Crippen molar-refractivity contribution in [2.24, 2.45) is 5.92 Å². The van der Waals surface area contributed by atoms with Crippen LogP contribution in [-0.2, 0) is 4.74 Å². The summed E-state index contributed by atoms with van der Waals surface area (Å²) >= 11 is 1.61. The zero-order valence-corrected chi connectivity index (χ0v) is 14.3. The van der Waals surface area contributed by atoms with Crippen LogP contribution in [0.15, 0.2) is 18.3 Å². The summed E-state index contributed by atoms with van der Waals surface area (Å²) in [4.78, 5) is 6.13. The fourth-order valence-electron chi connectivity index (χ4n) is 3.47. The lowest BCUT2D eigenvalue weighted by molar-refractivity contribution is -0.0476. The van der Waals surface area contributed by atoms with Gasteiger partial charge in [-0.3, -0.25) is 0 Å². The third kappa shape index (κ3) is 2.84. The molecule has 1 unspecified atom stereocenters. The SMILES string of the molecule is Cc1nnc(N2CC3(C2)OCCC3CCOc2ncccc2F)s1. The summed E-state index contributed by atoms with van der Waals surface area (Å²) in [6, 6.07) is 2.91. The van der Waals surface area contributed by atoms with Gasteiger partial charge in [0.25, 0.3) is 0 Å². The van der Waals surface area contributed by atoms with Crippen LogP contribution in [0.5, 0.6) is 5.88 Å². The molecule has 1 atom stereocenters. The molecule has 128 valence electrons. The highest BCUT2D eigenvalue weighted by Crippen LogP contribution is 2.43. The molecule has 0 N–H and O–H groups in total. The van der Waals surface area contributed by atoms with E-state index in [4.69, 9.17) is 9.47 Å². The lowest BCUT2D eigenvalue weighted by atomic mass is 9.79. The summed E-state index contributed by atoms with van der Waals surface area (Å²) in [7, 11) is 0. The van der Waals surface area contributed by atoms with Crippen LogP contribution in [0.3, 0.4) is 0 Å². The molecule has 1 spiro atoms. The molecule has 0 amide bonds. The first kappa shape index (κ1) is 15.7. The second-order valence-corrected chi connectivity index (χ2v) is 7.45. The van der Waals surface area contributed by atoms with Gasteiger partial charge < -0.3 is 14.4 Å². The zero-order valence-electron chi connectivity index (χ0n) is 13.4. The highest BCUT2D eigenvalue weighted by atomic mass is 32.1. The molecule has 2 aromatic heterocycles. The largest absolute Gasteiger partial charge is 0.476 e. The Bertz CT molecular complexity index is 720. The molecule has 0 saturated carbocycles. The minimum Gasteiger partial charge on any atom is -0.476 e. The van der Waals surface area contributed by atoms with E-state index in [-0.39, 0.29) is 11.5 Å². The molecule has 0 bridgehead atoms. The Morgan fingerprint density at radius 1 is 1.46 bits per heavy atom. The molecule has 24 heavy (non-hydrogen) atoms. The lowest BCUT2D eigenvalue weighted by Gasteiger charge is -2.50. The third-order valence-electron chi connectivity index (χ3n) is 4.73. The Labute approximate surface area is 143 Å². The number of rotatable bonds is 5. The van der Waals surface area contributed by atoms with E-state index in [9.17, 15) is 4.39 Å². The number of ether oxygens (including phenoxy) is 2. The van der Waals surface area contributed by atoms with Crippen molar-refractivity contribution >= 4 is 16.5 Å². The van der Waals surface area contributed by atoms with E-state index >= 15 is 0 Å². The second-order valence-electron chi connectivity index (χ2n) is 6.29. The van der Waals surface area contributed by atoms with Gasteiger partial charge in [0.1, 0.15) is 10.6 Å². The molecule has 4 heterocycles. The number of pyridine rings is 1. The quantitative estimate of drug-likeness (QED) is 0.825. The van der Waals surface area contributed by atoms with E-state index < -0.39 is 5.82 Å². The molecule has 4 rings (SSSR count). The molecule has 0 aliphatic carbocycles. The van der Waals surface area contributed by atoms with Gasteiger partial charge in [-0.25, -0.2) is 9.37 Å². The number of aryl methyl sites for hydroxylation is 1. The topological polar surface area (TPSA) is 60.4 Å². The van der Waals surface area contributed by atoms with Crippen LogP contribution in [-0.4, -0.2) is 47.1 Å². The predicted octanol–water partition coefficient (Wildman–Crippen LogP) is 2.45. The average Bonchev–Trinajstić information content (AvgIpc) is 3.14. The van der Waals surface area contributed by atoms with Gasteiger partial charge in [0.05, 0.1) is 19.7 Å². The van der Waals surface area contributed by atoms with E-state index in [1.807, 2.05) is 6.92 Å². The fourth-order valence-corrected chi connectivity index (χ4v) is 4.15. The van der Waals surface area contributed by atoms with Crippen molar-refractivity contribution < 1.29 is 13.9 Å². The minimum absolute atomic E-state index is 0.0741. The Kier molecular flexibility index (Phi) is 4.09. The molecule has 0 aromatic carbocycles. The first-order valence-corrected chi connectivity index (χ1v) is 8.90. The first-order chi connectivity index (χ1) is 11.7. The third-order valence-corrected chi connectivity index (χ3v) is 5.63. The number of halogens is 1. The van der Waals surface area contributed by atoms with E-state index in [0.29, 0.717) is 12.5 Å². The number of anilines is 1.